The molecule has 0 amide bonds. The normalized spacial score (nSPS) is 17.0. The average molecular weight is 272 g/mol. The van der Waals surface area contributed by atoms with Crippen LogP contribution in [0.5, 0.6) is 0 Å². The Morgan fingerprint density at radius 3 is 3.05 bits per heavy atom. The number of halogens is 1. The van der Waals surface area contributed by atoms with Gasteiger partial charge in [0.05, 0.1) is 11.4 Å². The fourth-order valence-corrected chi connectivity index (χ4v) is 3.19. The predicted molar refractivity (Wildman–Crippen MR) is 77.3 cm³/mol. The van der Waals surface area contributed by atoms with Crippen LogP contribution >= 0.6 is 11.6 Å². The highest BCUT2D eigenvalue weighted by Crippen LogP contribution is 2.39. The summed E-state index contributed by atoms with van der Waals surface area (Å²) in [6.45, 7) is 1.97. The number of benzene rings is 1. The first-order valence-electron chi connectivity index (χ1n) is 6.59. The molecule has 0 bridgehead atoms. The van der Waals surface area contributed by atoms with Crippen molar-refractivity contribution in [3.05, 3.63) is 46.1 Å². The molecule has 0 atom stereocenters. The van der Waals surface area contributed by atoms with Crippen molar-refractivity contribution in [3.63, 3.8) is 0 Å². The van der Waals surface area contributed by atoms with E-state index in [0.717, 1.165) is 42.3 Å². The summed E-state index contributed by atoms with van der Waals surface area (Å²) in [6, 6.07) is 6.08. The maximum atomic E-state index is 6.07. The fourth-order valence-electron chi connectivity index (χ4n) is 2.99. The van der Waals surface area contributed by atoms with Crippen LogP contribution in [0.1, 0.15) is 23.2 Å². The Morgan fingerprint density at radius 1 is 1.26 bits per heavy atom. The summed E-state index contributed by atoms with van der Waals surface area (Å²) < 4.78 is 0. The third kappa shape index (κ3) is 1.73. The number of hydrogen-bond donors (Lipinski definition) is 2. The van der Waals surface area contributed by atoms with Crippen LogP contribution in [-0.2, 0) is 6.42 Å². The van der Waals surface area contributed by atoms with Gasteiger partial charge < -0.3 is 5.32 Å². The van der Waals surface area contributed by atoms with Crippen LogP contribution in [0.15, 0.2) is 24.3 Å². The summed E-state index contributed by atoms with van der Waals surface area (Å²) in [5, 5.41) is 11.9. The molecule has 4 rings (SSSR count). The zero-order valence-electron chi connectivity index (χ0n) is 10.5. The molecule has 1 aromatic carbocycles. The van der Waals surface area contributed by atoms with Gasteiger partial charge >= 0.3 is 0 Å². The predicted octanol–water partition coefficient (Wildman–Crippen LogP) is 3.01. The molecular weight excluding hydrogens is 258 g/mol. The molecule has 96 valence electrons. The summed E-state index contributed by atoms with van der Waals surface area (Å²) in [5.41, 5.74) is 7.43. The third-order valence-electron chi connectivity index (χ3n) is 3.90. The van der Waals surface area contributed by atoms with Crippen LogP contribution in [0.3, 0.4) is 0 Å². The molecule has 1 aliphatic heterocycles. The Bertz CT molecular complexity index is 685. The minimum Gasteiger partial charge on any atom is -0.312 e. The molecule has 2 N–H and O–H groups in total. The number of H-pyrrole nitrogens is 1. The van der Waals surface area contributed by atoms with E-state index in [2.05, 4.69) is 33.7 Å². The average Bonchev–Trinajstić information content (AvgIpc) is 2.97. The number of fused-ring (bicyclic) bond motifs is 3. The zero-order valence-corrected chi connectivity index (χ0v) is 11.2. The SMILES string of the molecule is Clc1ccc2c(c1)Cc1c(C3=CCCNC3)n[nH]c1-2. The van der Waals surface area contributed by atoms with Crippen molar-refractivity contribution in [2.45, 2.75) is 12.8 Å². The van der Waals surface area contributed by atoms with Gasteiger partial charge in [-0.2, -0.15) is 5.10 Å². The molecule has 3 nitrogen and oxygen atoms in total. The van der Waals surface area contributed by atoms with E-state index < -0.39 is 0 Å². The van der Waals surface area contributed by atoms with Gasteiger partial charge in [-0.25, -0.2) is 0 Å². The van der Waals surface area contributed by atoms with Crippen molar-refractivity contribution in [2.24, 2.45) is 0 Å². The Labute approximate surface area is 116 Å². The molecule has 2 aliphatic rings. The molecule has 0 fully saturated rings. The second-order valence-corrected chi connectivity index (χ2v) is 5.54. The number of hydrogen-bond acceptors (Lipinski definition) is 2. The lowest BCUT2D eigenvalue weighted by Gasteiger charge is -2.13. The van der Waals surface area contributed by atoms with Crippen molar-refractivity contribution in [2.75, 3.05) is 13.1 Å². The highest BCUT2D eigenvalue weighted by Gasteiger charge is 2.26. The van der Waals surface area contributed by atoms with Crippen LogP contribution in [0.2, 0.25) is 5.02 Å². The van der Waals surface area contributed by atoms with Crippen molar-refractivity contribution >= 4 is 17.2 Å². The lowest BCUT2D eigenvalue weighted by atomic mass is 10.0. The molecule has 0 saturated heterocycles. The number of aromatic nitrogens is 2. The highest BCUT2D eigenvalue weighted by molar-refractivity contribution is 6.30. The van der Waals surface area contributed by atoms with Crippen molar-refractivity contribution in [1.82, 2.24) is 15.5 Å². The maximum Gasteiger partial charge on any atom is 0.0932 e. The molecule has 2 aromatic rings. The van der Waals surface area contributed by atoms with E-state index in [1.165, 1.54) is 22.3 Å². The lowest BCUT2D eigenvalue weighted by molar-refractivity contribution is 0.736. The number of nitrogens with zero attached hydrogens (tertiary/aromatic N) is 1. The second kappa shape index (κ2) is 4.22. The minimum atomic E-state index is 0.803. The van der Waals surface area contributed by atoms with Gasteiger partial charge in [0.15, 0.2) is 0 Å². The Hall–Kier alpha value is -1.58. The molecule has 2 heterocycles. The van der Waals surface area contributed by atoms with E-state index in [0.29, 0.717) is 0 Å². The Kier molecular flexibility index (Phi) is 2.50. The van der Waals surface area contributed by atoms with Gasteiger partial charge in [0.25, 0.3) is 0 Å². The maximum absolute atomic E-state index is 6.07. The summed E-state index contributed by atoms with van der Waals surface area (Å²) in [7, 11) is 0. The summed E-state index contributed by atoms with van der Waals surface area (Å²) in [5.74, 6) is 0. The number of aromatic amines is 1. The van der Waals surface area contributed by atoms with Crippen LogP contribution < -0.4 is 5.32 Å². The van der Waals surface area contributed by atoms with Gasteiger partial charge in [0.1, 0.15) is 0 Å². The highest BCUT2D eigenvalue weighted by atomic mass is 35.5. The first kappa shape index (κ1) is 11.3. The molecule has 0 saturated carbocycles. The molecular formula is C15H14ClN3. The monoisotopic (exact) mass is 271 g/mol. The van der Waals surface area contributed by atoms with Gasteiger partial charge in [-0.05, 0) is 36.2 Å². The second-order valence-electron chi connectivity index (χ2n) is 5.10. The standard InChI is InChI=1S/C15H14ClN3/c16-11-3-4-12-10(6-11)7-13-14(18-19-15(12)13)9-2-1-5-17-8-9/h2-4,6,17H,1,5,7-8H2,(H,18,19). The molecule has 4 heteroatoms. The molecule has 1 aromatic heterocycles. The fraction of sp³-hybridized carbons (Fsp3) is 0.267. The molecule has 0 unspecified atom stereocenters. The summed E-state index contributed by atoms with van der Waals surface area (Å²) in [6.07, 6.45) is 4.30. The van der Waals surface area contributed by atoms with Crippen LogP contribution in [0.25, 0.3) is 16.8 Å². The summed E-state index contributed by atoms with van der Waals surface area (Å²) >= 11 is 6.07. The number of nitrogens with one attached hydrogen (secondary N) is 2. The van der Waals surface area contributed by atoms with E-state index in [1.54, 1.807) is 0 Å². The van der Waals surface area contributed by atoms with Gasteiger partial charge in [-0.1, -0.05) is 23.7 Å². The van der Waals surface area contributed by atoms with Crippen LogP contribution in [-0.4, -0.2) is 23.3 Å². The molecule has 1 aliphatic carbocycles. The van der Waals surface area contributed by atoms with Crippen molar-refractivity contribution in [1.29, 1.82) is 0 Å². The largest absolute Gasteiger partial charge is 0.312 e. The smallest absolute Gasteiger partial charge is 0.0932 e. The van der Waals surface area contributed by atoms with Crippen molar-refractivity contribution in [3.8, 4) is 11.3 Å². The van der Waals surface area contributed by atoms with Gasteiger partial charge in [-0.15, -0.1) is 0 Å². The molecule has 19 heavy (non-hydrogen) atoms. The summed E-state index contributed by atoms with van der Waals surface area (Å²) in [4.78, 5) is 0. The Morgan fingerprint density at radius 2 is 2.21 bits per heavy atom. The van der Waals surface area contributed by atoms with E-state index in [4.69, 9.17) is 11.6 Å². The minimum absolute atomic E-state index is 0.803. The lowest BCUT2D eigenvalue weighted by Crippen LogP contribution is -2.22. The van der Waals surface area contributed by atoms with Crippen molar-refractivity contribution < 1.29 is 0 Å². The zero-order chi connectivity index (χ0) is 12.8. The van der Waals surface area contributed by atoms with Gasteiger partial charge in [-0.3, -0.25) is 5.10 Å². The molecule has 0 spiro atoms. The van der Waals surface area contributed by atoms with E-state index in [9.17, 15) is 0 Å². The van der Waals surface area contributed by atoms with Crippen LogP contribution in [0.4, 0.5) is 0 Å². The van der Waals surface area contributed by atoms with E-state index in [-0.39, 0.29) is 0 Å². The topological polar surface area (TPSA) is 40.7 Å². The first-order chi connectivity index (χ1) is 9.33. The number of rotatable bonds is 1. The first-order valence-corrected chi connectivity index (χ1v) is 6.97. The van der Waals surface area contributed by atoms with E-state index >= 15 is 0 Å². The molecule has 0 radical (unpaired) electrons. The van der Waals surface area contributed by atoms with Gasteiger partial charge in [0.2, 0.25) is 0 Å². The van der Waals surface area contributed by atoms with E-state index in [1.807, 2.05) is 6.07 Å². The quantitative estimate of drug-likeness (QED) is 0.714. The third-order valence-corrected chi connectivity index (χ3v) is 4.14. The Balaban J connectivity index is 1.81. The van der Waals surface area contributed by atoms with Crippen LogP contribution in [0, 0.1) is 0 Å². The van der Waals surface area contributed by atoms with Gasteiger partial charge in [0, 0.05) is 29.1 Å².